The minimum Gasteiger partial charge on any atom is -0.342 e. The van der Waals surface area contributed by atoms with Crippen molar-refractivity contribution >= 4 is 22.7 Å². The predicted molar refractivity (Wildman–Crippen MR) is 134 cm³/mol. The SMILES string of the molecule is CCCc1nc2ccccc2n1Cc1ccc2c(c1)CCc1ccccc1/C2=C\c1ncon1. The van der Waals surface area contributed by atoms with Crippen LogP contribution >= 0.6 is 0 Å². The molecule has 0 bridgehead atoms. The average Bonchev–Trinajstić information content (AvgIpc) is 3.47. The molecule has 1 aliphatic carbocycles. The smallest absolute Gasteiger partial charge is 0.214 e. The summed E-state index contributed by atoms with van der Waals surface area (Å²) in [5.41, 5.74) is 9.89. The number of fused-ring (bicyclic) bond motifs is 3. The van der Waals surface area contributed by atoms with E-state index in [-0.39, 0.29) is 0 Å². The van der Waals surface area contributed by atoms with Crippen LogP contribution in [0.4, 0.5) is 0 Å². The predicted octanol–water partition coefficient (Wildman–Crippen LogP) is 6.11. The highest BCUT2D eigenvalue weighted by molar-refractivity contribution is 5.93. The van der Waals surface area contributed by atoms with Crippen molar-refractivity contribution in [3.8, 4) is 0 Å². The quantitative estimate of drug-likeness (QED) is 0.327. The number of aryl methyl sites for hydroxylation is 3. The molecule has 6 rings (SSSR count). The molecular formula is C29H26N4O. The van der Waals surface area contributed by atoms with Crippen LogP contribution in [-0.2, 0) is 25.8 Å². The van der Waals surface area contributed by atoms with Crippen LogP contribution in [0.2, 0.25) is 0 Å². The molecule has 2 aromatic heterocycles. The van der Waals surface area contributed by atoms with Gasteiger partial charge in [0.1, 0.15) is 5.82 Å². The van der Waals surface area contributed by atoms with Crippen LogP contribution in [0, 0.1) is 0 Å². The van der Waals surface area contributed by atoms with E-state index in [2.05, 4.69) is 88.4 Å². The summed E-state index contributed by atoms with van der Waals surface area (Å²) in [6.45, 7) is 3.03. The van der Waals surface area contributed by atoms with E-state index in [1.807, 2.05) is 6.08 Å². The van der Waals surface area contributed by atoms with Crippen molar-refractivity contribution in [1.29, 1.82) is 0 Å². The summed E-state index contributed by atoms with van der Waals surface area (Å²) in [5.74, 6) is 1.75. The first kappa shape index (κ1) is 20.6. The molecule has 3 aromatic carbocycles. The van der Waals surface area contributed by atoms with Gasteiger partial charge in [0.05, 0.1) is 11.0 Å². The molecule has 0 aliphatic heterocycles. The lowest BCUT2D eigenvalue weighted by molar-refractivity contribution is 0.415. The van der Waals surface area contributed by atoms with Crippen molar-refractivity contribution in [2.75, 3.05) is 0 Å². The lowest BCUT2D eigenvalue weighted by atomic mass is 9.92. The highest BCUT2D eigenvalue weighted by Crippen LogP contribution is 2.35. The van der Waals surface area contributed by atoms with Crippen molar-refractivity contribution in [3.63, 3.8) is 0 Å². The van der Waals surface area contributed by atoms with Gasteiger partial charge in [-0.25, -0.2) is 4.98 Å². The Bertz CT molecular complexity index is 1490. The minimum atomic E-state index is 0.593. The molecule has 0 saturated carbocycles. The van der Waals surface area contributed by atoms with Crippen molar-refractivity contribution in [2.45, 2.75) is 39.2 Å². The van der Waals surface area contributed by atoms with E-state index in [4.69, 9.17) is 9.51 Å². The second-order valence-electron chi connectivity index (χ2n) is 8.85. The fraction of sp³-hybridized carbons (Fsp3) is 0.207. The number of hydrogen-bond acceptors (Lipinski definition) is 4. The van der Waals surface area contributed by atoms with E-state index in [1.165, 1.54) is 39.7 Å². The number of rotatable bonds is 5. The summed E-state index contributed by atoms with van der Waals surface area (Å²) in [6.07, 6.45) is 7.47. The Balaban J connectivity index is 1.43. The first-order chi connectivity index (χ1) is 16.8. The highest BCUT2D eigenvalue weighted by Gasteiger charge is 2.19. The first-order valence-corrected chi connectivity index (χ1v) is 11.9. The van der Waals surface area contributed by atoms with E-state index in [0.29, 0.717) is 5.82 Å². The fourth-order valence-electron chi connectivity index (χ4n) is 5.06. The van der Waals surface area contributed by atoms with E-state index in [0.717, 1.165) is 49.1 Å². The molecule has 2 heterocycles. The molecule has 0 amide bonds. The van der Waals surface area contributed by atoms with Crippen LogP contribution in [0.25, 0.3) is 22.7 Å². The Morgan fingerprint density at radius 1 is 0.941 bits per heavy atom. The van der Waals surface area contributed by atoms with Crippen molar-refractivity contribution < 1.29 is 4.52 Å². The molecule has 168 valence electrons. The Labute approximate surface area is 198 Å². The van der Waals surface area contributed by atoms with Crippen LogP contribution in [0.5, 0.6) is 0 Å². The van der Waals surface area contributed by atoms with Crippen LogP contribution in [0.15, 0.2) is 77.6 Å². The zero-order valence-corrected chi connectivity index (χ0v) is 19.2. The van der Waals surface area contributed by atoms with Crippen LogP contribution in [-0.4, -0.2) is 19.7 Å². The number of benzene rings is 3. The van der Waals surface area contributed by atoms with Gasteiger partial charge in [-0.15, -0.1) is 0 Å². The zero-order chi connectivity index (χ0) is 22.9. The van der Waals surface area contributed by atoms with Gasteiger partial charge in [0, 0.05) is 13.0 Å². The summed E-state index contributed by atoms with van der Waals surface area (Å²) >= 11 is 0. The largest absolute Gasteiger partial charge is 0.342 e. The van der Waals surface area contributed by atoms with Crippen molar-refractivity contribution in [1.82, 2.24) is 19.7 Å². The number of hydrogen-bond donors (Lipinski definition) is 0. The number of para-hydroxylation sites is 2. The third kappa shape index (κ3) is 3.73. The Morgan fingerprint density at radius 3 is 2.65 bits per heavy atom. The lowest BCUT2D eigenvalue weighted by Crippen LogP contribution is -2.06. The molecule has 5 heteroatoms. The van der Waals surface area contributed by atoms with Crippen LogP contribution < -0.4 is 0 Å². The normalized spacial score (nSPS) is 14.2. The maximum atomic E-state index is 4.99. The Kier molecular flexibility index (Phi) is 5.30. The standard InChI is InChI=1S/C29H26N4O/c1-2-7-29-31-26-10-5-6-11-27(26)33(29)18-20-12-15-24-22(16-20)14-13-21-8-3-4-9-23(21)25(24)17-28-30-19-34-32-28/h3-6,8-12,15-17,19H,2,7,13-14,18H2,1H3/b25-17+. The van der Waals surface area contributed by atoms with E-state index in [1.54, 1.807) is 0 Å². The molecule has 0 radical (unpaired) electrons. The summed E-state index contributed by atoms with van der Waals surface area (Å²) in [6, 6.07) is 24.0. The maximum absolute atomic E-state index is 4.99. The number of nitrogens with zero attached hydrogens (tertiary/aromatic N) is 4. The summed E-state index contributed by atoms with van der Waals surface area (Å²) < 4.78 is 7.37. The molecule has 0 unspecified atom stereocenters. The van der Waals surface area contributed by atoms with Gasteiger partial charge >= 0.3 is 0 Å². The molecule has 0 saturated heterocycles. The Hall–Kier alpha value is -3.99. The summed E-state index contributed by atoms with van der Waals surface area (Å²) in [4.78, 5) is 9.16. The molecule has 0 fully saturated rings. The topological polar surface area (TPSA) is 56.7 Å². The average molecular weight is 447 g/mol. The maximum Gasteiger partial charge on any atom is 0.214 e. The second kappa shape index (κ2) is 8.75. The van der Waals surface area contributed by atoms with Gasteiger partial charge < -0.3 is 9.09 Å². The summed E-state index contributed by atoms with van der Waals surface area (Å²) in [5, 5.41) is 4.04. The van der Waals surface area contributed by atoms with Gasteiger partial charge in [0.15, 0.2) is 5.82 Å². The van der Waals surface area contributed by atoms with E-state index in [9.17, 15) is 0 Å². The van der Waals surface area contributed by atoms with Gasteiger partial charge in [-0.05, 0) is 70.9 Å². The van der Waals surface area contributed by atoms with Gasteiger partial charge in [-0.2, -0.15) is 4.98 Å². The van der Waals surface area contributed by atoms with Gasteiger partial charge in [0.25, 0.3) is 0 Å². The van der Waals surface area contributed by atoms with Crippen molar-refractivity contribution in [3.05, 3.63) is 113 Å². The zero-order valence-electron chi connectivity index (χ0n) is 19.2. The minimum absolute atomic E-state index is 0.593. The first-order valence-electron chi connectivity index (χ1n) is 11.9. The van der Waals surface area contributed by atoms with E-state index < -0.39 is 0 Å². The lowest BCUT2D eigenvalue weighted by Gasteiger charge is -2.14. The third-order valence-electron chi connectivity index (χ3n) is 6.63. The summed E-state index contributed by atoms with van der Waals surface area (Å²) in [7, 11) is 0. The number of aromatic nitrogens is 4. The molecule has 5 aromatic rings. The molecule has 5 nitrogen and oxygen atoms in total. The Morgan fingerprint density at radius 2 is 1.76 bits per heavy atom. The second-order valence-corrected chi connectivity index (χ2v) is 8.85. The van der Waals surface area contributed by atoms with Crippen molar-refractivity contribution in [2.24, 2.45) is 0 Å². The van der Waals surface area contributed by atoms with E-state index >= 15 is 0 Å². The van der Waals surface area contributed by atoms with Gasteiger partial charge in [-0.3, -0.25) is 0 Å². The van der Waals surface area contributed by atoms with Crippen LogP contribution in [0.3, 0.4) is 0 Å². The molecule has 1 aliphatic rings. The van der Waals surface area contributed by atoms with Crippen LogP contribution in [0.1, 0.15) is 52.8 Å². The molecular weight excluding hydrogens is 420 g/mol. The molecule has 34 heavy (non-hydrogen) atoms. The fourth-order valence-corrected chi connectivity index (χ4v) is 5.06. The van der Waals surface area contributed by atoms with Gasteiger partial charge in [0.2, 0.25) is 6.39 Å². The molecule has 0 atom stereocenters. The number of imidazole rings is 1. The highest BCUT2D eigenvalue weighted by atomic mass is 16.5. The third-order valence-corrected chi connectivity index (χ3v) is 6.63. The monoisotopic (exact) mass is 446 g/mol. The van der Waals surface area contributed by atoms with Gasteiger partial charge in [-0.1, -0.05) is 66.7 Å². The molecule has 0 spiro atoms. The molecule has 0 N–H and O–H groups in total.